The van der Waals surface area contributed by atoms with E-state index in [0.29, 0.717) is 18.5 Å². The van der Waals surface area contributed by atoms with E-state index in [1.165, 1.54) is 7.11 Å². The first-order valence-corrected chi connectivity index (χ1v) is 10.9. The van der Waals surface area contributed by atoms with Gasteiger partial charge in [0, 0.05) is 24.2 Å². The minimum absolute atomic E-state index is 0.0171. The average molecular weight is 437 g/mol. The smallest absolute Gasteiger partial charge is 0.328 e. The molecule has 0 unspecified atom stereocenters. The predicted molar refractivity (Wildman–Crippen MR) is 120 cm³/mol. The Hall–Kier alpha value is -3.35. The van der Waals surface area contributed by atoms with Crippen LogP contribution in [0.2, 0.25) is 0 Å². The number of ether oxygens (including phenoxy) is 2. The van der Waals surface area contributed by atoms with Gasteiger partial charge < -0.3 is 19.3 Å². The Bertz CT molecular complexity index is 1000. The zero-order chi connectivity index (χ0) is 22.7. The summed E-state index contributed by atoms with van der Waals surface area (Å²) in [6, 6.07) is 12.4. The van der Waals surface area contributed by atoms with Crippen molar-refractivity contribution in [3.8, 4) is 5.75 Å². The minimum Gasteiger partial charge on any atom is -0.497 e. The molecule has 2 aromatic rings. The molecule has 2 aliphatic rings. The SMILES string of the molecule is COC(=O)[C@@H]1Cc2c(C=O)cccc2N1[C@H]1CCCCN1C(=O)Cc1ccc(OC)cc1. The first kappa shape index (κ1) is 21.9. The summed E-state index contributed by atoms with van der Waals surface area (Å²) in [6.07, 6.45) is 3.87. The van der Waals surface area contributed by atoms with Crippen molar-refractivity contribution in [3.63, 3.8) is 0 Å². The van der Waals surface area contributed by atoms with Gasteiger partial charge in [0.1, 0.15) is 24.2 Å². The Morgan fingerprint density at radius 2 is 1.88 bits per heavy atom. The molecule has 0 saturated carbocycles. The number of rotatable bonds is 6. The van der Waals surface area contributed by atoms with E-state index < -0.39 is 6.04 Å². The van der Waals surface area contributed by atoms with Gasteiger partial charge >= 0.3 is 5.97 Å². The first-order chi connectivity index (χ1) is 15.6. The number of likely N-dealkylation sites (tertiary alicyclic amines) is 1. The largest absolute Gasteiger partial charge is 0.497 e. The quantitative estimate of drug-likeness (QED) is 0.512. The summed E-state index contributed by atoms with van der Waals surface area (Å²) in [5.41, 5.74) is 3.16. The van der Waals surface area contributed by atoms with Crippen LogP contribution in [0.5, 0.6) is 5.75 Å². The Morgan fingerprint density at radius 1 is 1.09 bits per heavy atom. The van der Waals surface area contributed by atoms with Crippen molar-refractivity contribution < 1.29 is 23.9 Å². The number of anilines is 1. The number of benzene rings is 2. The van der Waals surface area contributed by atoms with E-state index in [9.17, 15) is 14.4 Å². The lowest BCUT2D eigenvalue weighted by Crippen LogP contribution is -2.57. The van der Waals surface area contributed by atoms with Crippen LogP contribution in [0.3, 0.4) is 0 Å². The van der Waals surface area contributed by atoms with Crippen molar-refractivity contribution in [2.75, 3.05) is 25.7 Å². The molecule has 0 N–H and O–H groups in total. The summed E-state index contributed by atoms with van der Waals surface area (Å²) >= 11 is 0. The Morgan fingerprint density at radius 3 is 2.56 bits per heavy atom. The molecular weight excluding hydrogens is 408 g/mol. The second-order valence-corrected chi connectivity index (χ2v) is 8.20. The van der Waals surface area contributed by atoms with Gasteiger partial charge in [-0.1, -0.05) is 24.3 Å². The van der Waals surface area contributed by atoms with E-state index in [4.69, 9.17) is 9.47 Å². The van der Waals surface area contributed by atoms with Crippen LogP contribution in [0.25, 0.3) is 0 Å². The van der Waals surface area contributed by atoms with Crippen molar-refractivity contribution >= 4 is 23.9 Å². The van der Waals surface area contributed by atoms with Crippen LogP contribution in [0.15, 0.2) is 42.5 Å². The van der Waals surface area contributed by atoms with E-state index in [2.05, 4.69) is 0 Å². The molecule has 2 heterocycles. The molecular formula is C25H28N2O5. The van der Waals surface area contributed by atoms with Gasteiger partial charge in [-0.3, -0.25) is 9.59 Å². The second-order valence-electron chi connectivity index (χ2n) is 8.20. The van der Waals surface area contributed by atoms with E-state index >= 15 is 0 Å². The minimum atomic E-state index is -0.560. The number of esters is 1. The molecule has 1 saturated heterocycles. The van der Waals surface area contributed by atoms with Gasteiger partial charge in [0.15, 0.2) is 0 Å². The van der Waals surface area contributed by atoms with Crippen molar-refractivity contribution in [2.24, 2.45) is 0 Å². The van der Waals surface area contributed by atoms with Gasteiger partial charge in [-0.15, -0.1) is 0 Å². The zero-order valence-corrected chi connectivity index (χ0v) is 18.5. The molecule has 2 aromatic carbocycles. The summed E-state index contributed by atoms with van der Waals surface area (Å²) in [5.74, 6) is 0.410. The summed E-state index contributed by atoms with van der Waals surface area (Å²) < 4.78 is 10.3. The lowest BCUT2D eigenvalue weighted by Gasteiger charge is -2.44. The Labute approximate surface area is 187 Å². The fraction of sp³-hybridized carbons (Fsp3) is 0.400. The van der Waals surface area contributed by atoms with Gasteiger partial charge in [-0.2, -0.15) is 0 Å². The molecule has 168 valence electrons. The van der Waals surface area contributed by atoms with Crippen molar-refractivity contribution in [1.29, 1.82) is 0 Å². The molecule has 1 fully saturated rings. The molecule has 0 bridgehead atoms. The highest BCUT2D eigenvalue weighted by Gasteiger charge is 2.43. The standard InChI is InChI=1S/C25H28N2O5/c1-31-19-11-9-17(10-12-19)14-24(29)26-13-4-3-8-23(26)27-21-7-5-6-18(16-28)20(21)15-22(27)25(30)32-2/h5-7,9-12,16,22-23H,3-4,8,13-15H2,1-2H3/t22-,23-/m0/s1. The van der Waals surface area contributed by atoms with E-state index in [1.807, 2.05) is 46.2 Å². The molecule has 7 heteroatoms. The van der Waals surface area contributed by atoms with E-state index in [-0.39, 0.29) is 24.5 Å². The number of carbonyl (C=O) groups is 3. The molecule has 0 aromatic heterocycles. The van der Waals surface area contributed by atoms with E-state index in [1.54, 1.807) is 13.2 Å². The number of carbonyl (C=O) groups excluding carboxylic acids is 3. The van der Waals surface area contributed by atoms with Crippen LogP contribution in [-0.2, 0) is 27.2 Å². The lowest BCUT2D eigenvalue weighted by atomic mass is 10.0. The summed E-state index contributed by atoms with van der Waals surface area (Å²) in [6.45, 7) is 0.632. The van der Waals surface area contributed by atoms with Gasteiger partial charge in [0.25, 0.3) is 0 Å². The summed E-state index contributed by atoms with van der Waals surface area (Å²) in [5, 5.41) is 0. The number of aldehydes is 1. The fourth-order valence-electron chi connectivity index (χ4n) is 4.84. The van der Waals surface area contributed by atoms with Gasteiger partial charge in [-0.25, -0.2) is 4.79 Å². The highest BCUT2D eigenvalue weighted by molar-refractivity contribution is 5.89. The highest BCUT2D eigenvalue weighted by atomic mass is 16.5. The van der Waals surface area contributed by atoms with Crippen molar-refractivity contribution in [3.05, 3.63) is 59.2 Å². The fourth-order valence-corrected chi connectivity index (χ4v) is 4.84. The summed E-state index contributed by atoms with van der Waals surface area (Å²) in [4.78, 5) is 41.6. The number of hydrogen-bond acceptors (Lipinski definition) is 6. The maximum atomic E-state index is 13.4. The predicted octanol–water partition coefficient (Wildman–Crippen LogP) is 2.99. The van der Waals surface area contributed by atoms with Crippen LogP contribution in [-0.4, -0.2) is 56.0 Å². The van der Waals surface area contributed by atoms with Crippen LogP contribution in [0.4, 0.5) is 5.69 Å². The Kier molecular flexibility index (Phi) is 6.44. The third-order valence-corrected chi connectivity index (χ3v) is 6.43. The number of methoxy groups -OCH3 is 2. The number of amides is 1. The zero-order valence-electron chi connectivity index (χ0n) is 18.5. The number of piperidine rings is 1. The van der Waals surface area contributed by atoms with Crippen molar-refractivity contribution in [1.82, 2.24) is 4.90 Å². The van der Waals surface area contributed by atoms with Gasteiger partial charge in [0.05, 0.1) is 20.6 Å². The molecule has 2 aliphatic heterocycles. The monoisotopic (exact) mass is 436 g/mol. The Balaban J connectivity index is 1.64. The number of nitrogens with zero attached hydrogens (tertiary/aromatic N) is 2. The lowest BCUT2D eigenvalue weighted by molar-refractivity contribution is -0.143. The van der Waals surface area contributed by atoms with E-state index in [0.717, 1.165) is 48.1 Å². The number of fused-ring (bicyclic) bond motifs is 1. The van der Waals surface area contributed by atoms with Crippen LogP contribution in [0.1, 0.15) is 40.7 Å². The average Bonchev–Trinajstić information content (AvgIpc) is 3.23. The number of hydrogen-bond donors (Lipinski definition) is 0. The third-order valence-electron chi connectivity index (χ3n) is 6.43. The van der Waals surface area contributed by atoms with Crippen molar-refractivity contribution in [2.45, 2.75) is 44.3 Å². The van der Waals surface area contributed by atoms with Crippen LogP contribution in [0, 0.1) is 0 Å². The third kappa shape index (κ3) is 4.07. The van der Waals surface area contributed by atoms with Crippen LogP contribution < -0.4 is 9.64 Å². The maximum absolute atomic E-state index is 13.4. The molecule has 7 nitrogen and oxygen atoms in total. The molecule has 1 amide bonds. The topological polar surface area (TPSA) is 76.2 Å². The normalized spacial score (nSPS) is 19.9. The maximum Gasteiger partial charge on any atom is 0.328 e. The molecule has 32 heavy (non-hydrogen) atoms. The molecule has 2 atom stereocenters. The van der Waals surface area contributed by atoms with Crippen LogP contribution >= 0.6 is 0 Å². The molecule has 0 aliphatic carbocycles. The molecule has 4 rings (SSSR count). The summed E-state index contributed by atoms with van der Waals surface area (Å²) in [7, 11) is 2.98. The van der Waals surface area contributed by atoms with Gasteiger partial charge in [0.2, 0.25) is 5.91 Å². The molecule has 0 radical (unpaired) electrons. The first-order valence-electron chi connectivity index (χ1n) is 10.9. The van der Waals surface area contributed by atoms with Gasteiger partial charge in [-0.05, 0) is 48.6 Å². The second kappa shape index (κ2) is 9.42. The highest BCUT2D eigenvalue weighted by Crippen LogP contribution is 2.39. The molecule has 0 spiro atoms.